The fourth-order valence-corrected chi connectivity index (χ4v) is 2.91. The molecule has 0 aliphatic carbocycles. The molecule has 0 atom stereocenters. The van der Waals surface area contributed by atoms with Crippen LogP contribution in [0.2, 0.25) is 0 Å². The molecule has 0 unspecified atom stereocenters. The zero-order chi connectivity index (χ0) is 22.8. The summed E-state index contributed by atoms with van der Waals surface area (Å²) >= 11 is 0. The van der Waals surface area contributed by atoms with Crippen LogP contribution in [0, 0.1) is 0 Å². The number of carbonyl (C=O) groups is 1. The summed E-state index contributed by atoms with van der Waals surface area (Å²) in [5.74, 6) is -1.03. The zero-order valence-electron chi connectivity index (χ0n) is 15.9. The molecule has 3 rings (SSSR count). The van der Waals surface area contributed by atoms with Crippen LogP contribution in [0.1, 0.15) is 27.2 Å². The minimum atomic E-state index is -4.94. The van der Waals surface area contributed by atoms with Crippen molar-refractivity contribution in [2.24, 2.45) is 0 Å². The van der Waals surface area contributed by atoms with Crippen molar-refractivity contribution in [1.29, 1.82) is 0 Å². The molecule has 0 spiro atoms. The molecule has 1 heterocycles. The van der Waals surface area contributed by atoms with Crippen LogP contribution in [0.15, 0.2) is 54.7 Å². The predicted molar refractivity (Wildman–Crippen MR) is 97.7 cm³/mol. The van der Waals surface area contributed by atoms with Gasteiger partial charge in [-0.05, 0) is 29.8 Å². The lowest BCUT2D eigenvalue weighted by Crippen LogP contribution is -2.26. The topological polar surface area (TPSA) is 56.2 Å². The van der Waals surface area contributed by atoms with Crippen molar-refractivity contribution in [3.05, 3.63) is 77.1 Å². The van der Waals surface area contributed by atoms with E-state index >= 15 is 0 Å². The Kier molecular flexibility index (Phi) is 5.96. The van der Waals surface area contributed by atoms with Gasteiger partial charge in [0.1, 0.15) is 11.4 Å². The highest BCUT2D eigenvalue weighted by atomic mass is 19.4. The number of ether oxygens (including phenoxy) is 1. The van der Waals surface area contributed by atoms with Crippen LogP contribution >= 0.6 is 0 Å². The highest BCUT2D eigenvalue weighted by Gasteiger charge is 2.41. The third-order valence-corrected chi connectivity index (χ3v) is 4.30. The second-order valence-electron chi connectivity index (χ2n) is 6.37. The number of carbonyl (C=O) groups excluding carboxylic acids is 1. The zero-order valence-corrected chi connectivity index (χ0v) is 15.9. The standard InChI is InChI=1S/C20H15F6N3O2/c1-31-16-8-3-2-7-15(16)29-17(20(24,25)26)14(11-28-29)18(30)27-10-12-5-4-6-13(9-12)19(21,22)23/h2-9,11H,10H2,1H3,(H,27,30). The predicted octanol–water partition coefficient (Wildman–Crippen LogP) is 4.85. The van der Waals surface area contributed by atoms with Gasteiger partial charge in [-0.25, -0.2) is 4.68 Å². The molecule has 0 saturated heterocycles. The van der Waals surface area contributed by atoms with Crippen LogP contribution < -0.4 is 10.1 Å². The lowest BCUT2D eigenvalue weighted by molar-refractivity contribution is -0.143. The summed E-state index contributed by atoms with van der Waals surface area (Å²) in [5.41, 5.74) is -2.99. The number of nitrogens with zero attached hydrogens (tertiary/aromatic N) is 2. The molecule has 0 fully saturated rings. The summed E-state index contributed by atoms with van der Waals surface area (Å²) < 4.78 is 85.3. The van der Waals surface area contributed by atoms with Gasteiger partial charge in [0.05, 0.1) is 24.4 Å². The number of halogens is 6. The lowest BCUT2D eigenvalue weighted by Gasteiger charge is -2.15. The van der Waals surface area contributed by atoms with E-state index < -0.39 is 41.6 Å². The van der Waals surface area contributed by atoms with E-state index in [0.717, 1.165) is 24.4 Å². The number of hydrogen-bond acceptors (Lipinski definition) is 3. The van der Waals surface area contributed by atoms with E-state index in [1.54, 1.807) is 6.07 Å². The van der Waals surface area contributed by atoms with Crippen LogP contribution in [-0.4, -0.2) is 22.8 Å². The van der Waals surface area contributed by atoms with Gasteiger partial charge in [-0.1, -0.05) is 24.3 Å². The molecule has 11 heteroatoms. The van der Waals surface area contributed by atoms with Crippen molar-refractivity contribution in [2.45, 2.75) is 18.9 Å². The largest absolute Gasteiger partial charge is 0.494 e. The molecule has 0 bridgehead atoms. The highest BCUT2D eigenvalue weighted by molar-refractivity contribution is 5.95. The summed E-state index contributed by atoms with van der Waals surface area (Å²) in [7, 11) is 1.28. The Morgan fingerprint density at radius 2 is 1.74 bits per heavy atom. The Hall–Kier alpha value is -3.50. The van der Waals surface area contributed by atoms with E-state index in [0.29, 0.717) is 4.68 Å². The average molecular weight is 443 g/mol. The molecular weight excluding hydrogens is 428 g/mol. The van der Waals surface area contributed by atoms with E-state index in [1.165, 1.54) is 31.4 Å². The molecule has 5 nitrogen and oxygen atoms in total. The van der Waals surface area contributed by atoms with Gasteiger partial charge in [-0.2, -0.15) is 31.4 Å². The number of amides is 1. The average Bonchev–Trinajstić information content (AvgIpc) is 3.17. The minimum Gasteiger partial charge on any atom is -0.494 e. The van der Waals surface area contributed by atoms with Gasteiger partial charge in [0.25, 0.3) is 5.91 Å². The summed E-state index contributed by atoms with van der Waals surface area (Å²) in [5, 5.41) is 5.90. The Morgan fingerprint density at radius 1 is 1.03 bits per heavy atom. The van der Waals surface area contributed by atoms with Crippen LogP contribution in [-0.2, 0) is 18.9 Å². The number of para-hydroxylation sites is 2. The van der Waals surface area contributed by atoms with Crippen LogP contribution in [0.4, 0.5) is 26.3 Å². The number of aromatic nitrogens is 2. The second kappa shape index (κ2) is 8.32. The molecule has 0 aliphatic rings. The van der Waals surface area contributed by atoms with Gasteiger partial charge in [0.15, 0.2) is 5.69 Å². The van der Waals surface area contributed by atoms with Crippen molar-refractivity contribution in [3.8, 4) is 11.4 Å². The smallest absolute Gasteiger partial charge is 0.434 e. The fraction of sp³-hybridized carbons (Fsp3) is 0.200. The van der Waals surface area contributed by atoms with Gasteiger partial charge < -0.3 is 10.1 Å². The van der Waals surface area contributed by atoms with Crippen molar-refractivity contribution in [1.82, 2.24) is 15.1 Å². The Bertz CT molecular complexity index is 1090. The molecule has 2 aromatic carbocycles. The van der Waals surface area contributed by atoms with Crippen molar-refractivity contribution >= 4 is 5.91 Å². The number of rotatable bonds is 5. The van der Waals surface area contributed by atoms with Crippen LogP contribution in [0.3, 0.4) is 0 Å². The van der Waals surface area contributed by atoms with Crippen molar-refractivity contribution in [3.63, 3.8) is 0 Å². The Labute approximate surface area is 172 Å². The van der Waals surface area contributed by atoms with E-state index in [4.69, 9.17) is 4.74 Å². The first-order valence-corrected chi connectivity index (χ1v) is 8.75. The SMILES string of the molecule is COc1ccccc1-n1ncc(C(=O)NCc2cccc(C(F)(F)F)c2)c1C(F)(F)F. The normalized spacial score (nSPS) is 12.0. The fourth-order valence-electron chi connectivity index (χ4n) is 2.91. The van der Waals surface area contributed by atoms with E-state index in [9.17, 15) is 31.1 Å². The number of alkyl halides is 6. The van der Waals surface area contributed by atoms with E-state index in [-0.39, 0.29) is 17.0 Å². The van der Waals surface area contributed by atoms with E-state index in [2.05, 4.69) is 10.4 Å². The first kappa shape index (κ1) is 22.2. The monoisotopic (exact) mass is 443 g/mol. The molecule has 1 aromatic heterocycles. The quantitative estimate of drug-likeness (QED) is 0.574. The van der Waals surface area contributed by atoms with Gasteiger partial charge in [-0.3, -0.25) is 4.79 Å². The maximum atomic E-state index is 13.8. The molecule has 0 saturated carbocycles. The Morgan fingerprint density at radius 3 is 2.39 bits per heavy atom. The molecule has 0 radical (unpaired) electrons. The molecule has 3 aromatic rings. The summed E-state index contributed by atoms with van der Waals surface area (Å²) in [6.45, 7) is -0.403. The van der Waals surface area contributed by atoms with E-state index in [1.807, 2.05) is 0 Å². The summed E-state index contributed by atoms with van der Waals surface area (Å²) in [6.07, 6.45) is -8.78. The summed E-state index contributed by atoms with van der Waals surface area (Å²) in [4.78, 5) is 12.4. The maximum absolute atomic E-state index is 13.8. The molecule has 1 amide bonds. The first-order chi connectivity index (χ1) is 14.5. The van der Waals surface area contributed by atoms with Crippen LogP contribution in [0.25, 0.3) is 5.69 Å². The molecular formula is C20H15F6N3O2. The molecule has 164 valence electrons. The van der Waals surface area contributed by atoms with Gasteiger partial charge in [0, 0.05) is 6.54 Å². The molecule has 31 heavy (non-hydrogen) atoms. The van der Waals surface area contributed by atoms with Gasteiger partial charge >= 0.3 is 12.4 Å². The van der Waals surface area contributed by atoms with Crippen molar-refractivity contribution < 1.29 is 35.9 Å². The number of nitrogens with one attached hydrogen (secondary N) is 1. The van der Waals surface area contributed by atoms with Gasteiger partial charge in [-0.15, -0.1) is 0 Å². The number of methoxy groups -OCH3 is 1. The number of benzene rings is 2. The highest BCUT2D eigenvalue weighted by Crippen LogP contribution is 2.35. The molecule has 0 aliphatic heterocycles. The second-order valence-corrected chi connectivity index (χ2v) is 6.37. The minimum absolute atomic E-state index is 0.0331. The lowest BCUT2D eigenvalue weighted by atomic mass is 10.1. The third-order valence-electron chi connectivity index (χ3n) is 4.30. The van der Waals surface area contributed by atoms with Crippen LogP contribution in [0.5, 0.6) is 5.75 Å². The third kappa shape index (κ3) is 4.81. The summed E-state index contributed by atoms with van der Waals surface area (Å²) in [6, 6.07) is 9.93. The Balaban J connectivity index is 1.91. The van der Waals surface area contributed by atoms with Gasteiger partial charge in [0.2, 0.25) is 0 Å². The molecule has 1 N–H and O–H groups in total. The van der Waals surface area contributed by atoms with Crippen molar-refractivity contribution in [2.75, 3.05) is 7.11 Å². The maximum Gasteiger partial charge on any atom is 0.434 e. The number of hydrogen-bond donors (Lipinski definition) is 1. The first-order valence-electron chi connectivity index (χ1n) is 8.75.